The molecule has 11 heteroatoms. The molecule has 0 spiro atoms. The highest BCUT2D eigenvalue weighted by Crippen LogP contribution is 2.26. The maximum absolute atomic E-state index is 13.3. The second-order valence-corrected chi connectivity index (χ2v) is 21.4. The van der Waals surface area contributed by atoms with E-state index in [2.05, 4.69) is 50.4 Å². The number of hydrogen-bond donors (Lipinski definition) is 6. The van der Waals surface area contributed by atoms with Crippen LogP contribution in [-0.4, -0.2) is 99.6 Å². The van der Waals surface area contributed by atoms with Gasteiger partial charge in [0.1, 0.15) is 24.4 Å². The van der Waals surface area contributed by atoms with Crippen molar-refractivity contribution < 1.29 is 49.3 Å². The van der Waals surface area contributed by atoms with Crippen LogP contribution in [0.2, 0.25) is 0 Å². The third-order valence-corrected chi connectivity index (χ3v) is 14.5. The van der Waals surface area contributed by atoms with E-state index in [0.29, 0.717) is 12.8 Å². The van der Waals surface area contributed by atoms with Crippen molar-refractivity contribution in [2.75, 3.05) is 13.2 Å². The Balaban J connectivity index is 2.58. The maximum atomic E-state index is 13.3. The maximum Gasteiger partial charge on any atom is 0.306 e. The monoisotopic (exact) mass is 1030 g/mol. The van der Waals surface area contributed by atoms with E-state index in [-0.39, 0.29) is 19.4 Å². The lowest BCUT2D eigenvalue weighted by molar-refractivity contribution is -0.305. The third-order valence-electron chi connectivity index (χ3n) is 14.5. The first-order valence-corrected chi connectivity index (χ1v) is 30.8. The predicted molar refractivity (Wildman–Crippen MR) is 301 cm³/mol. The molecule has 1 rings (SSSR count). The molecular formula is C62H115NO10. The summed E-state index contributed by atoms with van der Waals surface area (Å²) in [5, 5.41) is 56.8. The standard InChI is InChI=1S/C62H115NO10/c1-4-7-10-13-16-19-22-23-24-25-26-27-28-29-30-31-32-33-35-38-41-44-47-50-57(67)73-60-59(69)58(68)56(51-64)72-62(60)71-52-53(54(65)48-45-42-39-37-34-20-17-14-11-8-5-2)63-61(70)55(66)49-46-43-40-36-21-18-15-12-9-6-3/h15,18,23-24,45,48,53-56,58-60,62,64-66,68-69H,4-14,16-17,19-22,25-44,46-47,49-52H2,1-3H3,(H,63,70)/b18-15-,24-23+,48-45+. The lowest BCUT2D eigenvalue weighted by Gasteiger charge is -2.41. The number of amides is 1. The molecule has 73 heavy (non-hydrogen) atoms. The minimum absolute atomic E-state index is 0.125. The number of rotatable bonds is 52. The lowest BCUT2D eigenvalue weighted by atomic mass is 9.99. The minimum Gasteiger partial charge on any atom is -0.454 e. The average Bonchev–Trinajstić information content (AvgIpc) is 3.39. The van der Waals surface area contributed by atoms with Crippen LogP contribution in [-0.2, 0) is 23.8 Å². The number of nitrogens with one attached hydrogen (secondary N) is 1. The number of ether oxygens (including phenoxy) is 3. The van der Waals surface area contributed by atoms with Crippen molar-refractivity contribution in [2.45, 2.75) is 333 Å². The number of esters is 1. The van der Waals surface area contributed by atoms with Gasteiger partial charge < -0.3 is 45.1 Å². The zero-order valence-corrected chi connectivity index (χ0v) is 47.3. The Labute approximate surface area is 447 Å². The van der Waals surface area contributed by atoms with Crippen LogP contribution in [0, 0.1) is 0 Å². The van der Waals surface area contributed by atoms with Crippen molar-refractivity contribution in [1.29, 1.82) is 0 Å². The molecule has 0 bridgehead atoms. The fourth-order valence-corrected chi connectivity index (χ4v) is 9.57. The highest BCUT2D eigenvalue weighted by atomic mass is 16.7. The van der Waals surface area contributed by atoms with Gasteiger partial charge >= 0.3 is 5.97 Å². The molecule has 0 aromatic heterocycles. The van der Waals surface area contributed by atoms with Crippen LogP contribution < -0.4 is 5.32 Å². The molecule has 0 saturated carbocycles. The van der Waals surface area contributed by atoms with Crippen molar-refractivity contribution in [2.24, 2.45) is 0 Å². The van der Waals surface area contributed by atoms with Crippen LogP contribution in [0.1, 0.15) is 284 Å². The highest BCUT2D eigenvalue weighted by Gasteiger charge is 2.47. The van der Waals surface area contributed by atoms with Gasteiger partial charge in [0.05, 0.1) is 25.4 Å². The van der Waals surface area contributed by atoms with Gasteiger partial charge in [-0.15, -0.1) is 0 Å². The summed E-state index contributed by atoms with van der Waals surface area (Å²) < 4.78 is 17.6. The molecule has 8 atom stereocenters. The van der Waals surface area contributed by atoms with Gasteiger partial charge in [-0.3, -0.25) is 9.59 Å². The summed E-state index contributed by atoms with van der Waals surface area (Å²) in [4.78, 5) is 26.4. The second-order valence-electron chi connectivity index (χ2n) is 21.4. The van der Waals surface area contributed by atoms with Gasteiger partial charge in [-0.25, -0.2) is 0 Å². The highest BCUT2D eigenvalue weighted by molar-refractivity contribution is 5.80. The lowest BCUT2D eigenvalue weighted by Crippen LogP contribution is -2.61. The zero-order chi connectivity index (χ0) is 53.3. The van der Waals surface area contributed by atoms with Crippen LogP contribution in [0.5, 0.6) is 0 Å². The fourth-order valence-electron chi connectivity index (χ4n) is 9.57. The number of allylic oxidation sites excluding steroid dienone is 5. The Hall–Kier alpha value is -2.12. The Morgan fingerprint density at radius 1 is 0.521 bits per heavy atom. The predicted octanol–water partition coefficient (Wildman–Crippen LogP) is 14.3. The molecule has 1 saturated heterocycles. The normalized spacial score (nSPS) is 19.6. The summed E-state index contributed by atoms with van der Waals surface area (Å²) in [7, 11) is 0. The summed E-state index contributed by atoms with van der Waals surface area (Å²) in [6.07, 6.45) is 49.2. The average molecular weight is 1030 g/mol. The van der Waals surface area contributed by atoms with Gasteiger partial charge in [0.2, 0.25) is 5.91 Å². The van der Waals surface area contributed by atoms with Crippen LogP contribution in [0.4, 0.5) is 0 Å². The summed E-state index contributed by atoms with van der Waals surface area (Å²) >= 11 is 0. The molecule has 0 aromatic rings. The molecule has 1 heterocycles. The molecule has 1 fully saturated rings. The van der Waals surface area contributed by atoms with Crippen LogP contribution in [0.25, 0.3) is 0 Å². The van der Waals surface area contributed by atoms with E-state index < -0.39 is 67.4 Å². The SMILES string of the molecule is CCCC/C=C\CCCCCCC(O)C(=O)NC(COC1OC(CO)C(O)C(O)C1OC(=O)CCCCCCCCCCCCCCC/C=C/CCCCCCCC)C(O)/C=C/CCCCCCCCCCC. The van der Waals surface area contributed by atoms with Crippen molar-refractivity contribution in [3.05, 3.63) is 36.5 Å². The number of aliphatic hydroxyl groups excluding tert-OH is 5. The van der Waals surface area contributed by atoms with Crippen molar-refractivity contribution in [3.8, 4) is 0 Å². The fraction of sp³-hybridized carbons (Fsp3) is 0.871. The number of hydrogen-bond acceptors (Lipinski definition) is 10. The van der Waals surface area contributed by atoms with Gasteiger partial charge in [-0.05, 0) is 70.6 Å². The summed E-state index contributed by atoms with van der Waals surface area (Å²) in [5.74, 6) is -1.20. The second kappa shape index (κ2) is 50.7. The van der Waals surface area contributed by atoms with Gasteiger partial charge in [-0.1, -0.05) is 243 Å². The first-order chi connectivity index (χ1) is 35.7. The Kier molecular flexibility index (Phi) is 47.8. The largest absolute Gasteiger partial charge is 0.454 e. The third kappa shape index (κ3) is 39.0. The molecule has 0 aliphatic carbocycles. The Bertz CT molecular complexity index is 1330. The quantitative estimate of drug-likeness (QED) is 0.0195. The first kappa shape index (κ1) is 68.9. The van der Waals surface area contributed by atoms with E-state index in [1.165, 1.54) is 167 Å². The van der Waals surface area contributed by atoms with E-state index in [0.717, 1.165) is 70.6 Å². The molecule has 428 valence electrons. The van der Waals surface area contributed by atoms with E-state index in [4.69, 9.17) is 14.2 Å². The van der Waals surface area contributed by atoms with Crippen LogP contribution in [0.3, 0.4) is 0 Å². The number of unbranched alkanes of at least 4 members (excludes halogenated alkanes) is 34. The van der Waals surface area contributed by atoms with Crippen LogP contribution >= 0.6 is 0 Å². The number of carbonyl (C=O) groups is 2. The summed E-state index contributed by atoms with van der Waals surface area (Å²) in [6.45, 7) is 5.73. The number of carbonyl (C=O) groups excluding carboxylic acids is 2. The molecule has 1 aliphatic heterocycles. The Morgan fingerprint density at radius 2 is 0.918 bits per heavy atom. The topological polar surface area (TPSA) is 175 Å². The molecule has 1 amide bonds. The molecule has 0 aromatic carbocycles. The molecule has 8 unspecified atom stereocenters. The van der Waals surface area contributed by atoms with Crippen molar-refractivity contribution in [1.82, 2.24) is 5.32 Å². The van der Waals surface area contributed by atoms with E-state index in [1.807, 2.05) is 6.08 Å². The smallest absolute Gasteiger partial charge is 0.306 e. The van der Waals surface area contributed by atoms with Crippen molar-refractivity contribution in [3.63, 3.8) is 0 Å². The van der Waals surface area contributed by atoms with E-state index in [9.17, 15) is 35.1 Å². The van der Waals surface area contributed by atoms with Crippen LogP contribution in [0.15, 0.2) is 36.5 Å². The molecule has 11 nitrogen and oxygen atoms in total. The summed E-state index contributed by atoms with van der Waals surface area (Å²) in [6, 6.07) is -1.02. The first-order valence-electron chi connectivity index (χ1n) is 30.8. The molecule has 1 aliphatic rings. The van der Waals surface area contributed by atoms with Crippen molar-refractivity contribution >= 4 is 11.9 Å². The van der Waals surface area contributed by atoms with Gasteiger partial charge in [-0.2, -0.15) is 0 Å². The molecule has 0 radical (unpaired) electrons. The van der Waals surface area contributed by atoms with E-state index in [1.54, 1.807) is 6.08 Å². The molecular weight excluding hydrogens is 919 g/mol. The minimum atomic E-state index is -1.61. The Morgan fingerprint density at radius 3 is 1.37 bits per heavy atom. The number of aliphatic hydroxyl groups is 5. The van der Waals surface area contributed by atoms with Gasteiger partial charge in [0.25, 0.3) is 0 Å². The molecule has 6 N–H and O–H groups in total. The van der Waals surface area contributed by atoms with E-state index >= 15 is 0 Å². The van der Waals surface area contributed by atoms with Gasteiger partial charge in [0.15, 0.2) is 12.4 Å². The summed E-state index contributed by atoms with van der Waals surface area (Å²) in [5.41, 5.74) is 0. The van der Waals surface area contributed by atoms with Gasteiger partial charge in [0, 0.05) is 6.42 Å². The zero-order valence-electron chi connectivity index (χ0n) is 47.3.